The highest BCUT2D eigenvalue weighted by atomic mass is 32.1. The van der Waals surface area contributed by atoms with Crippen LogP contribution in [0.25, 0.3) is 32.0 Å². The number of thiophene rings is 1. The Balaban J connectivity index is 1.59. The molecule has 5 aromatic rings. The van der Waals surface area contributed by atoms with E-state index in [4.69, 9.17) is 5.73 Å². The van der Waals surface area contributed by atoms with Crippen LogP contribution < -0.4 is 5.73 Å². The highest BCUT2D eigenvalue weighted by molar-refractivity contribution is 7.18. The largest absolute Gasteiger partial charge is 0.366 e. The Kier molecular flexibility index (Phi) is 4.63. The predicted molar refractivity (Wildman–Crippen MR) is 115 cm³/mol. The van der Waals surface area contributed by atoms with Crippen LogP contribution in [0.3, 0.4) is 0 Å². The number of amides is 1. The molecule has 0 aliphatic carbocycles. The molecule has 5 rings (SSSR count). The zero-order chi connectivity index (χ0) is 22.4. The van der Waals surface area contributed by atoms with Gasteiger partial charge in [0.2, 0.25) is 5.78 Å². The van der Waals surface area contributed by atoms with Crippen molar-refractivity contribution in [3.8, 4) is 21.0 Å². The SMILES string of the molecule is NC(=O)c1ccc(F)c(C(=O)c2c[nH]c3ncc(-c4ccc(-c5ccn[nH]5)s4)cc23)c1F. The molecule has 4 N–H and O–H groups in total. The molecule has 0 unspecified atom stereocenters. The van der Waals surface area contributed by atoms with Crippen LogP contribution in [0, 0.1) is 11.6 Å². The molecular formula is C22H13F2N5O2S. The number of H-pyrrole nitrogens is 2. The zero-order valence-corrected chi connectivity index (χ0v) is 17.0. The molecule has 4 aromatic heterocycles. The van der Waals surface area contributed by atoms with E-state index in [9.17, 15) is 18.4 Å². The van der Waals surface area contributed by atoms with Crippen LogP contribution in [-0.2, 0) is 0 Å². The van der Waals surface area contributed by atoms with Gasteiger partial charge in [0, 0.05) is 40.0 Å². The van der Waals surface area contributed by atoms with E-state index < -0.39 is 34.5 Å². The summed E-state index contributed by atoms with van der Waals surface area (Å²) in [4.78, 5) is 33.5. The Hall–Kier alpha value is -4.18. The smallest absolute Gasteiger partial charge is 0.251 e. The van der Waals surface area contributed by atoms with E-state index in [1.807, 2.05) is 18.2 Å². The number of primary amides is 1. The number of hydrogen-bond donors (Lipinski definition) is 3. The molecular weight excluding hydrogens is 436 g/mol. The average molecular weight is 449 g/mol. The molecule has 0 spiro atoms. The first-order valence-electron chi connectivity index (χ1n) is 9.33. The summed E-state index contributed by atoms with van der Waals surface area (Å²) in [6.45, 7) is 0. The van der Waals surface area contributed by atoms with Gasteiger partial charge in [-0.2, -0.15) is 5.10 Å². The number of ketones is 1. The molecule has 1 aromatic carbocycles. The van der Waals surface area contributed by atoms with Gasteiger partial charge in [0.05, 0.1) is 21.7 Å². The summed E-state index contributed by atoms with van der Waals surface area (Å²) in [5.41, 5.74) is 5.74. The van der Waals surface area contributed by atoms with Gasteiger partial charge >= 0.3 is 0 Å². The number of halogens is 2. The highest BCUT2D eigenvalue weighted by Crippen LogP contribution is 2.35. The summed E-state index contributed by atoms with van der Waals surface area (Å²) >= 11 is 1.50. The zero-order valence-electron chi connectivity index (χ0n) is 16.1. The highest BCUT2D eigenvalue weighted by Gasteiger charge is 2.26. The quantitative estimate of drug-likeness (QED) is 0.347. The number of nitrogens with two attached hydrogens (primary N) is 1. The Morgan fingerprint density at radius 1 is 1.03 bits per heavy atom. The van der Waals surface area contributed by atoms with Gasteiger partial charge in [-0.3, -0.25) is 14.7 Å². The number of aromatic amines is 2. The average Bonchev–Trinajstić information content (AvgIpc) is 3.52. The van der Waals surface area contributed by atoms with Crippen LogP contribution in [0.2, 0.25) is 0 Å². The first-order valence-corrected chi connectivity index (χ1v) is 10.1. The molecule has 0 saturated heterocycles. The topological polar surface area (TPSA) is 118 Å². The van der Waals surface area contributed by atoms with Crippen LogP contribution in [0.4, 0.5) is 8.78 Å². The van der Waals surface area contributed by atoms with Crippen LogP contribution >= 0.6 is 11.3 Å². The van der Waals surface area contributed by atoms with Crippen molar-refractivity contribution in [1.82, 2.24) is 20.2 Å². The Morgan fingerprint density at radius 2 is 1.84 bits per heavy atom. The molecule has 0 bridgehead atoms. The number of fused-ring (bicyclic) bond motifs is 1. The molecule has 0 fully saturated rings. The fourth-order valence-corrected chi connectivity index (χ4v) is 4.40. The minimum absolute atomic E-state index is 0.0270. The minimum atomic E-state index is -1.29. The Morgan fingerprint density at radius 3 is 2.59 bits per heavy atom. The van der Waals surface area contributed by atoms with Crippen LogP contribution in [0.5, 0.6) is 0 Å². The maximum Gasteiger partial charge on any atom is 0.251 e. The third-order valence-corrected chi connectivity index (χ3v) is 6.18. The maximum atomic E-state index is 14.7. The lowest BCUT2D eigenvalue weighted by molar-refractivity contribution is 0.0996. The van der Waals surface area contributed by atoms with E-state index in [-0.39, 0.29) is 5.56 Å². The predicted octanol–water partition coefficient (Wildman–Crippen LogP) is 4.29. The van der Waals surface area contributed by atoms with Gasteiger partial charge in [-0.15, -0.1) is 11.3 Å². The normalized spacial score (nSPS) is 11.2. The fraction of sp³-hybridized carbons (Fsp3) is 0. The Bertz CT molecular complexity index is 1500. The van der Waals surface area contributed by atoms with Crippen molar-refractivity contribution in [2.24, 2.45) is 5.73 Å². The van der Waals surface area contributed by atoms with E-state index in [0.717, 1.165) is 33.1 Å². The molecule has 158 valence electrons. The number of pyridine rings is 1. The van der Waals surface area contributed by atoms with E-state index in [1.165, 1.54) is 17.5 Å². The number of nitrogens with one attached hydrogen (secondary N) is 2. The number of aromatic nitrogens is 4. The molecule has 10 heteroatoms. The summed E-state index contributed by atoms with van der Waals surface area (Å²) in [7, 11) is 0. The van der Waals surface area contributed by atoms with Gasteiger partial charge in [0.1, 0.15) is 17.3 Å². The lowest BCUT2D eigenvalue weighted by Gasteiger charge is -2.07. The molecule has 0 atom stereocenters. The second-order valence-electron chi connectivity index (χ2n) is 6.93. The van der Waals surface area contributed by atoms with Gasteiger partial charge in [-0.05, 0) is 36.4 Å². The maximum absolute atomic E-state index is 14.7. The van der Waals surface area contributed by atoms with Crippen LogP contribution in [-0.4, -0.2) is 31.9 Å². The number of rotatable bonds is 5. The van der Waals surface area contributed by atoms with Crippen molar-refractivity contribution in [3.63, 3.8) is 0 Å². The van der Waals surface area contributed by atoms with Gasteiger partial charge < -0.3 is 10.7 Å². The summed E-state index contributed by atoms with van der Waals surface area (Å²) < 4.78 is 29.1. The Labute approximate surface area is 182 Å². The summed E-state index contributed by atoms with van der Waals surface area (Å²) in [5.74, 6) is -4.38. The number of hydrogen-bond acceptors (Lipinski definition) is 5. The molecule has 0 saturated carbocycles. The second-order valence-corrected chi connectivity index (χ2v) is 8.02. The van der Waals surface area contributed by atoms with E-state index >= 15 is 0 Å². The van der Waals surface area contributed by atoms with Crippen molar-refractivity contribution in [1.29, 1.82) is 0 Å². The number of carbonyl (C=O) groups excluding carboxylic acids is 2. The minimum Gasteiger partial charge on any atom is -0.366 e. The van der Waals surface area contributed by atoms with Crippen molar-refractivity contribution in [2.45, 2.75) is 0 Å². The molecule has 0 aliphatic heterocycles. The summed E-state index contributed by atoms with van der Waals surface area (Å²) in [5, 5.41) is 7.24. The summed E-state index contributed by atoms with van der Waals surface area (Å²) in [6, 6.07) is 9.17. The van der Waals surface area contributed by atoms with E-state index in [0.29, 0.717) is 11.0 Å². The van der Waals surface area contributed by atoms with Gasteiger partial charge in [-0.25, -0.2) is 13.8 Å². The molecule has 4 heterocycles. The van der Waals surface area contributed by atoms with Crippen LogP contribution in [0.1, 0.15) is 26.3 Å². The molecule has 1 amide bonds. The van der Waals surface area contributed by atoms with Crippen molar-refractivity contribution in [3.05, 3.63) is 83.3 Å². The van der Waals surface area contributed by atoms with Crippen molar-refractivity contribution >= 4 is 34.1 Å². The number of benzene rings is 1. The first-order chi connectivity index (χ1) is 15.4. The van der Waals surface area contributed by atoms with Gasteiger partial charge in [-0.1, -0.05) is 0 Å². The molecule has 32 heavy (non-hydrogen) atoms. The fourth-order valence-electron chi connectivity index (χ4n) is 3.44. The monoisotopic (exact) mass is 449 g/mol. The first kappa shape index (κ1) is 19.8. The van der Waals surface area contributed by atoms with E-state index in [2.05, 4.69) is 20.2 Å². The molecule has 0 radical (unpaired) electrons. The summed E-state index contributed by atoms with van der Waals surface area (Å²) in [6.07, 6.45) is 4.64. The number of nitrogens with zero attached hydrogens (tertiary/aromatic N) is 2. The number of carbonyl (C=O) groups is 2. The molecule has 7 nitrogen and oxygen atoms in total. The van der Waals surface area contributed by atoms with Crippen molar-refractivity contribution in [2.75, 3.05) is 0 Å². The van der Waals surface area contributed by atoms with Crippen molar-refractivity contribution < 1.29 is 18.4 Å². The third-order valence-electron chi connectivity index (χ3n) is 5.02. The third kappa shape index (κ3) is 3.17. The van der Waals surface area contributed by atoms with Gasteiger partial charge in [0.25, 0.3) is 5.91 Å². The van der Waals surface area contributed by atoms with Crippen LogP contribution in [0.15, 0.2) is 55.0 Å². The lowest BCUT2D eigenvalue weighted by Crippen LogP contribution is -2.17. The molecule has 0 aliphatic rings. The second kappa shape index (κ2) is 7.50. The van der Waals surface area contributed by atoms with E-state index in [1.54, 1.807) is 18.5 Å². The lowest BCUT2D eigenvalue weighted by atomic mass is 9.99. The van der Waals surface area contributed by atoms with Gasteiger partial charge in [0.15, 0.2) is 0 Å². The standard InChI is InChI=1S/C22H13F2N5O2S/c23-14-2-1-11(21(25)31)19(24)18(14)20(30)13-9-27-22-12(13)7-10(8-26-22)16-3-4-17(32-16)15-5-6-28-29-15/h1-9H,(H2,25,31)(H,26,27)(H,28,29).